The van der Waals surface area contributed by atoms with Crippen LogP contribution in [0, 0.1) is 13.8 Å². The Morgan fingerprint density at radius 2 is 0.667 bits per heavy atom. The Hall–Kier alpha value is -8.46. The van der Waals surface area contributed by atoms with Gasteiger partial charge in [-0.25, -0.2) is 0 Å². The van der Waals surface area contributed by atoms with Crippen molar-refractivity contribution in [3.05, 3.63) is 263 Å². The van der Waals surface area contributed by atoms with Crippen LogP contribution in [0.3, 0.4) is 0 Å². The molecule has 0 unspecified atom stereocenters. The SMILES string of the molecule is Cc1ccc(N(c2ccc3c(c2)C(C)(C)c2ccccc2-3)c2ccc3c(c2)C(C)(C)c2cccc4c2c-3c(-c2ccccc2)c2ccc(N(c3ccc(C)cc3)c3ccc5c(c3)C(C)(C)c3ccccc3-5)cc24)cc1. The Bertz CT molecular complexity index is 4150. The average molecular weight is 965 g/mol. The highest BCUT2D eigenvalue weighted by Crippen LogP contribution is 2.58. The van der Waals surface area contributed by atoms with Crippen LogP contribution in [0.25, 0.3) is 66.1 Å². The Labute approximate surface area is 442 Å². The van der Waals surface area contributed by atoms with Crippen LogP contribution < -0.4 is 9.80 Å². The molecule has 2 nitrogen and oxygen atoms in total. The van der Waals surface area contributed by atoms with Gasteiger partial charge in [-0.3, -0.25) is 0 Å². The second-order valence-electron chi connectivity index (χ2n) is 23.1. The molecule has 3 aliphatic carbocycles. The third-order valence-corrected chi connectivity index (χ3v) is 17.6. The van der Waals surface area contributed by atoms with E-state index in [-0.39, 0.29) is 16.2 Å². The van der Waals surface area contributed by atoms with Crippen molar-refractivity contribution in [3.63, 3.8) is 0 Å². The minimum atomic E-state index is -0.333. The molecule has 0 fully saturated rings. The summed E-state index contributed by atoms with van der Waals surface area (Å²) in [5, 5.41) is 5.11. The lowest BCUT2D eigenvalue weighted by atomic mass is 9.66. The van der Waals surface area contributed by atoms with Crippen molar-refractivity contribution in [2.24, 2.45) is 0 Å². The third-order valence-electron chi connectivity index (χ3n) is 17.6. The molecule has 0 bridgehead atoms. The molecule has 0 spiro atoms. The summed E-state index contributed by atoms with van der Waals surface area (Å²) in [6.07, 6.45) is 0. The van der Waals surface area contributed by atoms with Crippen molar-refractivity contribution >= 4 is 55.7 Å². The average Bonchev–Trinajstić information content (AvgIpc) is 3.86. The zero-order chi connectivity index (χ0) is 51.1. The number of benzene rings is 11. The maximum Gasteiger partial charge on any atom is 0.0468 e. The van der Waals surface area contributed by atoms with Gasteiger partial charge in [0, 0.05) is 50.4 Å². The summed E-state index contributed by atoms with van der Waals surface area (Å²) >= 11 is 0. The Kier molecular flexibility index (Phi) is 9.80. The van der Waals surface area contributed by atoms with E-state index in [1.165, 1.54) is 111 Å². The van der Waals surface area contributed by atoms with Gasteiger partial charge in [0.25, 0.3) is 0 Å². The molecule has 14 rings (SSSR count). The van der Waals surface area contributed by atoms with E-state index in [1.54, 1.807) is 0 Å². The summed E-state index contributed by atoms with van der Waals surface area (Å²) in [6.45, 7) is 18.7. The number of fused-ring (bicyclic) bond motifs is 10. The fraction of sp³-hybridized carbons (Fsp3) is 0.151. The highest BCUT2D eigenvalue weighted by atomic mass is 15.1. The quantitative estimate of drug-likeness (QED) is 0.147. The predicted octanol–water partition coefficient (Wildman–Crippen LogP) is 20.1. The molecule has 362 valence electrons. The first-order valence-electron chi connectivity index (χ1n) is 26.7. The molecule has 0 radical (unpaired) electrons. The third kappa shape index (κ3) is 6.65. The van der Waals surface area contributed by atoms with Gasteiger partial charge in [-0.05, 0) is 186 Å². The largest absolute Gasteiger partial charge is 0.310 e. The Balaban J connectivity index is 0.978. The van der Waals surface area contributed by atoms with E-state index in [9.17, 15) is 0 Å². The van der Waals surface area contributed by atoms with Crippen LogP contribution in [0.4, 0.5) is 34.1 Å². The van der Waals surface area contributed by atoms with Gasteiger partial charge in [0.2, 0.25) is 0 Å². The van der Waals surface area contributed by atoms with Crippen LogP contribution >= 0.6 is 0 Å². The minimum absolute atomic E-state index is 0.122. The van der Waals surface area contributed by atoms with Crippen molar-refractivity contribution in [2.45, 2.75) is 71.6 Å². The molecule has 11 aromatic carbocycles. The van der Waals surface area contributed by atoms with Crippen molar-refractivity contribution < 1.29 is 0 Å². The molecule has 0 atom stereocenters. The highest BCUT2D eigenvalue weighted by molar-refractivity contribution is 6.24. The molecule has 3 aliphatic rings. The van der Waals surface area contributed by atoms with E-state index < -0.39 is 0 Å². The predicted molar refractivity (Wildman–Crippen MR) is 318 cm³/mol. The van der Waals surface area contributed by atoms with Crippen LogP contribution in [0.15, 0.2) is 218 Å². The number of anilines is 6. The van der Waals surface area contributed by atoms with Gasteiger partial charge in [0.05, 0.1) is 0 Å². The Morgan fingerprint density at radius 3 is 1.20 bits per heavy atom. The number of rotatable bonds is 7. The van der Waals surface area contributed by atoms with Gasteiger partial charge in [-0.15, -0.1) is 0 Å². The first kappa shape index (κ1) is 45.2. The maximum atomic E-state index is 2.50. The van der Waals surface area contributed by atoms with E-state index in [4.69, 9.17) is 0 Å². The second-order valence-corrected chi connectivity index (χ2v) is 23.1. The zero-order valence-electron chi connectivity index (χ0n) is 44.2. The van der Waals surface area contributed by atoms with Gasteiger partial charge < -0.3 is 9.80 Å². The van der Waals surface area contributed by atoms with Gasteiger partial charge in [0.15, 0.2) is 0 Å². The van der Waals surface area contributed by atoms with Gasteiger partial charge in [-0.1, -0.05) is 198 Å². The van der Waals surface area contributed by atoms with Crippen LogP contribution in [0.1, 0.15) is 86.1 Å². The lowest BCUT2D eigenvalue weighted by Crippen LogP contribution is -2.25. The molecule has 11 aromatic rings. The standard InChI is InChI=1S/C73H60N2/c1-45-25-29-48(30-26-45)74(51-33-37-56-54-19-12-14-22-62(54)71(3,4)65(56)42-51)50-35-39-59-61(41-50)58-21-16-24-64-69(58)70(68(59)47-17-10-9-11-18-47)60-40-36-53(44-67(60)73(64,7)8)75(49-31-27-46(2)28-32-49)52-34-38-57-55-20-13-15-23-63(55)72(5,6)66(57)43-52/h9-44H,1-8H3. The summed E-state index contributed by atoms with van der Waals surface area (Å²) in [6, 6.07) is 82.9. The molecule has 0 aromatic heterocycles. The minimum Gasteiger partial charge on any atom is -0.310 e. The molecule has 2 heteroatoms. The van der Waals surface area contributed by atoms with Crippen molar-refractivity contribution in [1.82, 2.24) is 0 Å². The molecule has 0 heterocycles. The topological polar surface area (TPSA) is 6.48 Å². The monoisotopic (exact) mass is 964 g/mol. The maximum absolute atomic E-state index is 2.50. The molecular weight excluding hydrogens is 905 g/mol. The zero-order valence-corrected chi connectivity index (χ0v) is 44.2. The van der Waals surface area contributed by atoms with Crippen LogP contribution in [-0.2, 0) is 16.2 Å². The Morgan fingerprint density at radius 1 is 0.267 bits per heavy atom. The summed E-state index contributed by atoms with van der Waals surface area (Å²) in [5.41, 5.74) is 27.4. The van der Waals surface area contributed by atoms with Gasteiger partial charge in [0.1, 0.15) is 0 Å². The summed E-state index contributed by atoms with van der Waals surface area (Å²) in [4.78, 5) is 4.95. The molecule has 0 N–H and O–H groups in total. The molecule has 0 amide bonds. The summed E-state index contributed by atoms with van der Waals surface area (Å²) in [7, 11) is 0. The molecule has 0 saturated carbocycles. The second kappa shape index (κ2) is 16.3. The molecular formula is C73H60N2. The summed E-state index contributed by atoms with van der Waals surface area (Å²) in [5.74, 6) is 0. The lowest BCUT2D eigenvalue weighted by molar-refractivity contribution is 0.645. The first-order chi connectivity index (χ1) is 36.3. The first-order valence-corrected chi connectivity index (χ1v) is 26.7. The highest BCUT2D eigenvalue weighted by Gasteiger charge is 2.39. The lowest BCUT2D eigenvalue weighted by Gasteiger charge is -2.38. The van der Waals surface area contributed by atoms with Crippen LogP contribution in [0.5, 0.6) is 0 Å². The van der Waals surface area contributed by atoms with Gasteiger partial charge >= 0.3 is 0 Å². The van der Waals surface area contributed by atoms with Crippen molar-refractivity contribution in [3.8, 4) is 44.5 Å². The number of nitrogens with zero attached hydrogens (tertiary/aromatic N) is 2. The van der Waals surface area contributed by atoms with E-state index in [1.807, 2.05) is 0 Å². The van der Waals surface area contributed by atoms with E-state index in [0.29, 0.717) is 0 Å². The fourth-order valence-corrected chi connectivity index (χ4v) is 13.6. The number of aryl methyl sites for hydroxylation is 2. The van der Waals surface area contributed by atoms with E-state index >= 15 is 0 Å². The van der Waals surface area contributed by atoms with Crippen LogP contribution in [0.2, 0.25) is 0 Å². The van der Waals surface area contributed by atoms with E-state index in [2.05, 4.69) is 284 Å². The van der Waals surface area contributed by atoms with Crippen LogP contribution in [-0.4, -0.2) is 0 Å². The number of hydrogen-bond donors (Lipinski definition) is 0. The van der Waals surface area contributed by atoms with E-state index in [0.717, 1.165) is 34.1 Å². The molecule has 75 heavy (non-hydrogen) atoms. The van der Waals surface area contributed by atoms with Crippen molar-refractivity contribution in [1.29, 1.82) is 0 Å². The van der Waals surface area contributed by atoms with Gasteiger partial charge in [-0.2, -0.15) is 0 Å². The molecule has 0 aliphatic heterocycles. The molecule has 0 saturated heterocycles. The number of hydrogen-bond acceptors (Lipinski definition) is 2. The smallest absolute Gasteiger partial charge is 0.0468 e. The summed E-state index contributed by atoms with van der Waals surface area (Å²) < 4.78 is 0. The fourth-order valence-electron chi connectivity index (χ4n) is 13.6. The normalized spacial score (nSPS) is 14.7. The van der Waals surface area contributed by atoms with Crippen molar-refractivity contribution in [2.75, 3.05) is 9.80 Å².